The molecule has 1 fully saturated rings. The molecule has 0 radical (unpaired) electrons. The van der Waals surface area contributed by atoms with Gasteiger partial charge in [0.1, 0.15) is 5.82 Å². The molecule has 1 amide bonds. The second-order valence-electron chi connectivity index (χ2n) is 4.66. The molecule has 1 aromatic carbocycles. The van der Waals surface area contributed by atoms with Gasteiger partial charge in [-0.15, -0.1) is 0 Å². The van der Waals surface area contributed by atoms with E-state index in [1.54, 1.807) is 12.1 Å². The van der Waals surface area contributed by atoms with Gasteiger partial charge in [0.2, 0.25) is 5.91 Å². The van der Waals surface area contributed by atoms with Gasteiger partial charge in [-0.3, -0.25) is 4.79 Å². The van der Waals surface area contributed by atoms with Crippen LogP contribution in [0, 0.1) is 11.7 Å². The van der Waals surface area contributed by atoms with Crippen LogP contribution in [-0.4, -0.2) is 18.5 Å². The highest BCUT2D eigenvalue weighted by Crippen LogP contribution is 2.22. The van der Waals surface area contributed by atoms with Crippen molar-refractivity contribution in [2.24, 2.45) is 5.92 Å². The Bertz CT molecular complexity index is 453. The summed E-state index contributed by atoms with van der Waals surface area (Å²) in [6.45, 7) is 2.87. The Kier molecular flexibility index (Phi) is 4.35. The van der Waals surface area contributed by atoms with E-state index in [1.165, 1.54) is 6.07 Å². The standard InChI is InChI=1S/C13H16BrFN2O/c1-8-3-2-6-16-12(8)13(18)17-11-7-9(14)4-5-10(11)15/h4-5,7-8,12,16H,2-3,6H2,1H3,(H,17,18). The molecule has 0 aromatic heterocycles. The minimum absolute atomic E-state index is 0.167. The fraction of sp³-hybridized carbons (Fsp3) is 0.462. The van der Waals surface area contributed by atoms with Gasteiger partial charge in [-0.1, -0.05) is 22.9 Å². The molecule has 1 heterocycles. The first kappa shape index (κ1) is 13.5. The molecule has 18 heavy (non-hydrogen) atoms. The summed E-state index contributed by atoms with van der Waals surface area (Å²) < 4.78 is 14.3. The first-order chi connectivity index (χ1) is 8.58. The molecule has 1 aliphatic heterocycles. The van der Waals surface area contributed by atoms with E-state index in [9.17, 15) is 9.18 Å². The second-order valence-corrected chi connectivity index (χ2v) is 5.58. The van der Waals surface area contributed by atoms with E-state index < -0.39 is 5.82 Å². The lowest BCUT2D eigenvalue weighted by Crippen LogP contribution is -2.48. The second kappa shape index (κ2) is 5.80. The van der Waals surface area contributed by atoms with Crippen LogP contribution in [-0.2, 0) is 4.79 Å². The number of carbonyl (C=O) groups excluding carboxylic acids is 1. The number of halogens is 2. The van der Waals surface area contributed by atoms with E-state index in [1.807, 2.05) is 6.92 Å². The van der Waals surface area contributed by atoms with Crippen LogP contribution < -0.4 is 10.6 Å². The molecular formula is C13H16BrFN2O. The van der Waals surface area contributed by atoms with Crippen LogP contribution in [0.5, 0.6) is 0 Å². The number of nitrogens with one attached hydrogen (secondary N) is 2. The highest BCUT2D eigenvalue weighted by Gasteiger charge is 2.27. The summed E-state index contributed by atoms with van der Waals surface area (Å²) in [6.07, 6.45) is 2.10. The first-order valence-electron chi connectivity index (χ1n) is 6.07. The van der Waals surface area contributed by atoms with Crippen molar-refractivity contribution < 1.29 is 9.18 Å². The molecular weight excluding hydrogens is 299 g/mol. The maximum absolute atomic E-state index is 13.5. The van der Waals surface area contributed by atoms with Crippen LogP contribution in [0.4, 0.5) is 10.1 Å². The van der Waals surface area contributed by atoms with Crippen LogP contribution in [0.25, 0.3) is 0 Å². The molecule has 0 bridgehead atoms. The van der Waals surface area contributed by atoms with Gasteiger partial charge < -0.3 is 10.6 Å². The first-order valence-corrected chi connectivity index (χ1v) is 6.86. The fourth-order valence-corrected chi connectivity index (χ4v) is 2.57. The normalized spacial score (nSPS) is 23.7. The molecule has 5 heteroatoms. The van der Waals surface area contributed by atoms with E-state index in [2.05, 4.69) is 26.6 Å². The molecule has 3 nitrogen and oxygen atoms in total. The zero-order valence-electron chi connectivity index (χ0n) is 10.2. The number of carbonyl (C=O) groups is 1. The summed E-state index contributed by atoms with van der Waals surface area (Å²) in [5.41, 5.74) is 0.217. The Balaban J connectivity index is 2.08. The number of benzene rings is 1. The summed E-state index contributed by atoms with van der Waals surface area (Å²) in [5.74, 6) is -0.317. The molecule has 0 saturated carbocycles. The van der Waals surface area contributed by atoms with Gasteiger partial charge in [-0.2, -0.15) is 0 Å². The molecule has 1 saturated heterocycles. The number of amides is 1. The average molecular weight is 315 g/mol. The van der Waals surface area contributed by atoms with Crippen molar-refractivity contribution in [2.45, 2.75) is 25.8 Å². The van der Waals surface area contributed by atoms with Gasteiger partial charge in [0.05, 0.1) is 11.7 Å². The Hall–Kier alpha value is -0.940. The van der Waals surface area contributed by atoms with Gasteiger partial charge in [0.25, 0.3) is 0 Å². The Morgan fingerprint density at radius 1 is 1.56 bits per heavy atom. The minimum atomic E-state index is -0.421. The summed E-state index contributed by atoms with van der Waals surface area (Å²) in [5, 5.41) is 5.82. The predicted molar refractivity (Wildman–Crippen MR) is 72.9 cm³/mol. The zero-order valence-corrected chi connectivity index (χ0v) is 11.8. The third kappa shape index (κ3) is 3.09. The summed E-state index contributed by atoms with van der Waals surface area (Å²) in [7, 11) is 0. The van der Waals surface area contributed by atoms with Crippen LogP contribution in [0.15, 0.2) is 22.7 Å². The van der Waals surface area contributed by atoms with E-state index in [0.29, 0.717) is 0 Å². The maximum Gasteiger partial charge on any atom is 0.241 e. The van der Waals surface area contributed by atoms with Crippen LogP contribution in [0.3, 0.4) is 0 Å². The van der Waals surface area contributed by atoms with Crippen LogP contribution in [0.2, 0.25) is 0 Å². The Morgan fingerprint density at radius 2 is 2.33 bits per heavy atom. The molecule has 98 valence electrons. The van der Waals surface area contributed by atoms with Crippen molar-refractivity contribution in [1.82, 2.24) is 5.32 Å². The molecule has 1 aliphatic rings. The smallest absolute Gasteiger partial charge is 0.241 e. The van der Waals surface area contributed by atoms with Crippen LogP contribution >= 0.6 is 15.9 Å². The quantitative estimate of drug-likeness (QED) is 0.881. The van der Waals surface area contributed by atoms with Gasteiger partial charge >= 0.3 is 0 Å². The zero-order chi connectivity index (χ0) is 13.1. The molecule has 2 rings (SSSR count). The highest BCUT2D eigenvalue weighted by molar-refractivity contribution is 9.10. The molecule has 0 spiro atoms. The monoisotopic (exact) mass is 314 g/mol. The largest absolute Gasteiger partial charge is 0.322 e. The summed E-state index contributed by atoms with van der Waals surface area (Å²) in [4.78, 5) is 12.1. The van der Waals surface area contributed by atoms with Gasteiger partial charge in [-0.05, 0) is 43.5 Å². The third-order valence-electron chi connectivity index (χ3n) is 3.24. The van der Waals surface area contributed by atoms with E-state index >= 15 is 0 Å². The van der Waals surface area contributed by atoms with Crippen molar-refractivity contribution in [3.63, 3.8) is 0 Å². The molecule has 1 aromatic rings. The average Bonchev–Trinajstić information content (AvgIpc) is 2.34. The van der Waals surface area contributed by atoms with Gasteiger partial charge in [0, 0.05) is 4.47 Å². The highest BCUT2D eigenvalue weighted by atomic mass is 79.9. The van der Waals surface area contributed by atoms with Gasteiger partial charge in [-0.25, -0.2) is 4.39 Å². The minimum Gasteiger partial charge on any atom is -0.322 e. The number of anilines is 1. The molecule has 2 unspecified atom stereocenters. The lowest BCUT2D eigenvalue weighted by atomic mass is 9.92. The number of hydrogen-bond acceptors (Lipinski definition) is 2. The van der Waals surface area contributed by atoms with E-state index in [4.69, 9.17) is 0 Å². The van der Waals surface area contributed by atoms with E-state index in [-0.39, 0.29) is 23.6 Å². The number of hydrogen-bond donors (Lipinski definition) is 2. The molecule has 0 aliphatic carbocycles. The van der Waals surface area contributed by atoms with Crippen molar-refractivity contribution in [3.8, 4) is 0 Å². The number of rotatable bonds is 2. The van der Waals surface area contributed by atoms with Crippen molar-refractivity contribution in [2.75, 3.05) is 11.9 Å². The van der Waals surface area contributed by atoms with Crippen LogP contribution in [0.1, 0.15) is 19.8 Å². The van der Waals surface area contributed by atoms with E-state index in [0.717, 1.165) is 23.9 Å². The lowest BCUT2D eigenvalue weighted by molar-refractivity contribution is -0.119. The van der Waals surface area contributed by atoms with Gasteiger partial charge in [0.15, 0.2) is 0 Å². The fourth-order valence-electron chi connectivity index (χ4n) is 2.20. The molecule has 2 N–H and O–H groups in total. The topological polar surface area (TPSA) is 41.1 Å². The third-order valence-corrected chi connectivity index (χ3v) is 3.73. The lowest BCUT2D eigenvalue weighted by Gasteiger charge is -2.29. The molecule has 2 atom stereocenters. The number of piperidine rings is 1. The SMILES string of the molecule is CC1CCCNC1C(=O)Nc1cc(Br)ccc1F. The summed E-state index contributed by atoms with van der Waals surface area (Å²) >= 11 is 3.26. The maximum atomic E-state index is 13.5. The predicted octanol–water partition coefficient (Wildman–Crippen LogP) is 2.91. The Labute approximate surface area is 114 Å². The van der Waals surface area contributed by atoms with Crippen molar-refractivity contribution in [1.29, 1.82) is 0 Å². The Morgan fingerprint density at radius 3 is 3.06 bits per heavy atom. The van der Waals surface area contributed by atoms with Crippen molar-refractivity contribution in [3.05, 3.63) is 28.5 Å². The summed E-state index contributed by atoms with van der Waals surface area (Å²) in [6, 6.07) is 4.27. The van der Waals surface area contributed by atoms with Crippen molar-refractivity contribution >= 4 is 27.5 Å².